The lowest BCUT2D eigenvalue weighted by Gasteiger charge is -2.10. The Morgan fingerprint density at radius 1 is 1.25 bits per heavy atom. The highest BCUT2D eigenvalue weighted by Gasteiger charge is 2.04. The summed E-state index contributed by atoms with van der Waals surface area (Å²) in [6.07, 6.45) is 0. The molecule has 0 spiro atoms. The first-order chi connectivity index (χ1) is 9.52. The third-order valence-corrected chi connectivity index (χ3v) is 2.51. The first-order valence-corrected chi connectivity index (χ1v) is 6.18. The number of nitrogens with one attached hydrogen (secondary N) is 4. The van der Waals surface area contributed by atoms with Crippen molar-refractivity contribution in [3.63, 3.8) is 0 Å². The fraction of sp³-hybridized carbons (Fsp3) is 0.273. The Kier molecular flexibility index (Phi) is 6.17. The Bertz CT molecular complexity index is 491. The zero-order valence-corrected chi connectivity index (χ0v) is 11.6. The number of carbonyl (C=O) groups is 1. The molecule has 0 unspecified atom stereocenters. The van der Waals surface area contributed by atoms with Gasteiger partial charge in [-0.15, -0.1) is 0 Å². The van der Waals surface area contributed by atoms with Crippen LogP contribution >= 0.6 is 12.2 Å². The molecule has 8 nitrogen and oxygen atoms in total. The van der Waals surface area contributed by atoms with Crippen molar-refractivity contribution in [1.29, 1.82) is 0 Å². The Labute approximate surface area is 121 Å². The van der Waals surface area contributed by atoms with Crippen LogP contribution < -0.4 is 21.3 Å². The molecule has 1 rings (SSSR count). The smallest absolute Gasteiger partial charge is 0.314 e. The Morgan fingerprint density at radius 3 is 2.40 bits per heavy atom. The first-order valence-electron chi connectivity index (χ1n) is 5.78. The van der Waals surface area contributed by atoms with E-state index in [1.165, 1.54) is 19.2 Å². The fourth-order valence-corrected chi connectivity index (χ4v) is 1.50. The molecule has 2 amide bonds. The molecule has 0 saturated carbocycles. The van der Waals surface area contributed by atoms with Gasteiger partial charge in [0, 0.05) is 38.0 Å². The van der Waals surface area contributed by atoms with Gasteiger partial charge < -0.3 is 21.3 Å². The second-order valence-corrected chi connectivity index (χ2v) is 4.10. The molecule has 0 heterocycles. The summed E-state index contributed by atoms with van der Waals surface area (Å²) in [5.41, 5.74) is 0.663. The molecule has 0 aliphatic heterocycles. The van der Waals surface area contributed by atoms with Crippen molar-refractivity contribution < 1.29 is 9.72 Å². The minimum Gasteiger partial charge on any atom is -0.361 e. The molecule has 1 aromatic carbocycles. The average molecular weight is 297 g/mol. The van der Waals surface area contributed by atoms with Crippen molar-refractivity contribution in [2.24, 2.45) is 0 Å². The van der Waals surface area contributed by atoms with Gasteiger partial charge in [-0.05, 0) is 24.4 Å². The molecule has 0 atom stereocenters. The number of non-ortho nitro benzene ring substituents is 1. The Balaban J connectivity index is 2.31. The number of thiocarbonyl (C=S) groups is 1. The third kappa shape index (κ3) is 5.48. The Hall–Kier alpha value is -2.42. The molecule has 20 heavy (non-hydrogen) atoms. The normalized spacial score (nSPS) is 9.45. The van der Waals surface area contributed by atoms with Crippen molar-refractivity contribution in [3.05, 3.63) is 34.4 Å². The molecular formula is C11H15N5O3S. The van der Waals surface area contributed by atoms with Crippen molar-refractivity contribution in [2.45, 2.75) is 0 Å². The maximum atomic E-state index is 10.9. The van der Waals surface area contributed by atoms with Crippen molar-refractivity contribution in [2.75, 3.05) is 25.5 Å². The highest BCUT2D eigenvalue weighted by molar-refractivity contribution is 7.80. The van der Waals surface area contributed by atoms with Crippen LogP contribution in [0, 0.1) is 10.1 Å². The van der Waals surface area contributed by atoms with Crippen molar-refractivity contribution in [3.8, 4) is 0 Å². The van der Waals surface area contributed by atoms with Gasteiger partial charge in [0.05, 0.1) is 4.92 Å². The van der Waals surface area contributed by atoms with Crippen molar-refractivity contribution in [1.82, 2.24) is 16.0 Å². The second-order valence-electron chi connectivity index (χ2n) is 3.69. The number of urea groups is 1. The number of benzene rings is 1. The number of nitrogens with zero attached hydrogens (tertiary/aromatic N) is 1. The number of hydrogen-bond donors (Lipinski definition) is 4. The minimum absolute atomic E-state index is 0.0178. The molecular weight excluding hydrogens is 282 g/mol. The van der Waals surface area contributed by atoms with Crippen LogP contribution in [-0.2, 0) is 0 Å². The number of hydrogen-bond acceptors (Lipinski definition) is 4. The van der Waals surface area contributed by atoms with Gasteiger partial charge in [-0.25, -0.2) is 4.79 Å². The van der Waals surface area contributed by atoms with Crippen LogP contribution in [0.25, 0.3) is 0 Å². The summed E-state index contributed by atoms with van der Waals surface area (Å²) in [7, 11) is 1.53. The van der Waals surface area contributed by atoms with E-state index >= 15 is 0 Å². The van der Waals surface area contributed by atoms with E-state index in [0.717, 1.165) is 0 Å². The summed E-state index contributed by atoms with van der Waals surface area (Å²) in [5.74, 6) is 0. The highest BCUT2D eigenvalue weighted by atomic mass is 32.1. The molecule has 9 heteroatoms. The minimum atomic E-state index is -0.467. The standard InChI is InChI=1S/C11H15N5O3S/c1-12-10(17)13-6-7-14-11(20)15-8-2-4-9(5-3-8)16(18)19/h2-5H,6-7H2,1H3,(H2,12,13,17)(H2,14,15,20). The third-order valence-electron chi connectivity index (χ3n) is 2.26. The van der Waals surface area contributed by atoms with E-state index in [4.69, 9.17) is 12.2 Å². The summed E-state index contributed by atoms with van der Waals surface area (Å²) in [5, 5.41) is 21.7. The summed E-state index contributed by atoms with van der Waals surface area (Å²) in [6.45, 7) is 0.883. The first kappa shape index (κ1) is 15.6. The molecule has 108 valence electrons. The lowest BCUT2D eigenvalue weighted by atomic mass is 10.3. The van der Waals surface area contributed by atoms with Gasteiger partial charge in [0.2, 0.25) is 0 Å². The monoisotopic (exact) mass is 297 g/mol. The maximum absolute atomic E-state index is 10.9. The lowest BCUT2D eigenvalue weighted by molar-refractivity contribution is -0.384. The zero-order valence-electron chi connectivity index (χ0n) is 10.8. The highest BCUT2D eigenvalue weighted by Crippen LogP contribution is 2.15. The SMILES string of the molecule is CNC(=O)NCCNC(=S)Nc1ccc([N+](=O)[O-])cc1. The van der Waals surface area contributed by atoms with Crippen LogP contribution in [0.15, 0.2) is 24.3 Å². The number of nitro groups is 1. The van der Waals surface area contributed by atoms with Crippen LogP contribution in [0.3, 0.4) is 0 Å². The molecule has 0 saturated heterocycles. The molecule has 0 aliphatic carbocycles. The number of nitro benzene ring substituents is 1. The van der Waals surface area contributed by atoms with Gasteiger partial charge in [-0.1, -0.05) is 0 Å². The van der Waals surface area contributed by atoms with E-state index in [1.807, 2.05) is 0 Å². The predicted molar refractivity (Wildman–Crippen MR) is 79.8 cm³/mol. The molecule has 0 fully saturated rings. The summed E-state index contributed by atoms with van der Waals surface area (Å²) >= 11 is 5.04. The second kappa shape index (κ2) is 7.89. The number of amides is 2. The molecule has 4 N–H and O–H groups in total. The molecule has 0 aromatic heterocycles. The topological polar surface area (TPSA) is 108 Å². The van der Waals surface area contributed by atoms with Gasteiger partial charge in [-0.2, -0.15) is 0 Å². The van der Waals surface area contributed by atoms with E-state index in [0.29, 0.717) is 23.9 Å². The van der Waals surface area contributed by atoms with Crippen molar-refractivity contribution >= 4 is 34.7 Å². The van der Waals surface area contributed by atoms with E-state index < -0.39 is 4.92 Å². The quantitative estimate of drug-likeness (QED) is 0.277. The van der Waals surface area contributed by atoms with Gasteiger partial charge in [0.1, 0.15) is 0 Å². The van der Waals surface area contributed by atoms with E-state index in [-0.39, 0.29) is 11.7 Å². The van der Waals surface area contributed by atoms with Crippen LogP contribution in [-0.4, -0.2) is 36.2 Å². The largest absolute Gasteiger partial charge is 0.361 e. The van der Waals surface area contributed by atoms with E-state index in [9.17, 15) is 14.9 Å². The summed E-state index contributed by atoms with van der Waals surface area (Å²) in [4.78, 5) is 20.9. The molecule has 0 bridgehead atoms. The zero-order chi connectivity index (χ0) is 15.0. The van der Waals surface area contributed by atoms with Gasteiger partial charge >= 0.3 is 6.03 Å². The summed E-state index contributed by atoms with van der Waals surface area (Å²) in [6, 6.07) is 5.64. The molecule has 1 aromatic rings. The predicted octanol–water partition coefficient (Wildman–Crippen LogP) is 0.810. The van der Waals surface area contributed by atoms with Crippen LogP contribution in [0.4, 0.5) is 16.2 Å². The van der Waals surface area contributed by atoms with Gasteiger partial charge in [-0.3, -0.25) is 10.1 Å². The number of anilines is 1. The average Bonchev–Trinajstić information content (AvgIpc) is 2.43. The number of rotatable bonds is 5. The maximum Gasteiger partial charge on any atom is 0.314 e. The van der Waals surface area contributed by atoms with Crippen LogP contribution in [0.1, 0.15) is 0 Å². The number of carbonyl (C=O) groups excluding carboxylic acids is 1. The fourth-order valence-electron chi connectivity index (χ4n) is 1.28. The van der Waals surface area contributed by atoms with Gasteiger partial charge in [0.15, 0.2) is 5.11 Å². The molecule has 0 aliphatic rings. The van der Waals surface area contributed by atoms with Gasteiger partial charge in [0.25, 0.3) is 5.69 Å². The molecule has 0 radical (unpaired) electrons. The van der Waals surface area contributed by atoms with Crippen LogP contribution in [0.2, 0.25) is 0 Å². The lowest BCUT2D eigenvalue weighted by Crippen LogP contribution is -2.39. The summed E-state index contributed by atoms with van der Waals surface area (Å²) < 4.78 is 0. The van der Waals surface area contributed by atoms with E-state index in [1.54, 1.807) is 12.1 Å². The Morgan fingerprint density at radius 2 is 1.85 bits per heavy atom. The van der Waals surface area contributed by atoms with E-state index in [2.05, 4.69) is 21.3 Å². The van der Waals surface area contributed by atoms with Crippen LogP contribution in [0.5, 0.6) is 0 Å².